The molecule has 0 radical (unpaired) electrons. The topological polar surface area (TPSA) is 60.1 Å². The summed E-state index contributed by atoms with van der Waals surface area (Å²) in [6.45, 7) is -0.757. The summed E-state index contributed by atoms with van der Waals surface area (Å²) in [6.07, 6.45) is 3.45. The van der Waals surface area contributed by atoms with Crippen LogP contribution >= 0.6 is 24.0 Å². The number of methoxy groups -OCH3 is 1. The predicted octanol–water partition coefficient (Wildman–Crippen LogP) is 3.22. The second-order valence-corrected chi connectivity index (χ2v) is 5.09. The molecule has 0 unspecified atom stereocenters. The number of rotatable bonds is 5. The first kappa shape index (κ1) is 19.7. The lowest BCUT2D eigenvalue weighted by Crippen LogP contribution is -2.40. The van der Waals surface area contributed by atoms with Crippen molar-refractivity contribution in [2.45, 2.75) is 32.4 Å². The Balaban J connectivity index is 0.00000264. The number of aliphatic imine (C=N–C) groups is 1. The lowest BCUT2D eigenvalue weighted by molar-refractivity contribution is -0.0512. The fourth-order valence-corrected chi connectivity index (χ4v) is 2.40. The molecule has 0 aromatic heterocycles. The Morgan fingerprint density at radius 2 is 1.96 bits per heavy atom. The molecular weight excluding hydrogens is 419 g/mol. The number of likely N-dealkylation sites (tertiary alicyclic amines) is 1. The highest BCUT2D eigenvalue weighted by molar-refractivity contribution is 14.0. The molecule has 1 aliphatic heterocycles. The average Bonchev–Trinajstić information content (AvgIpc) is 2.53. The van der Waals surface area contributed by atoms with Crippen molar-refractivity contribution in [1.29, 1.82) is 0 Å². The molecule has 23 heavy (non-hydrogen) atoms. The van der Waals surface area contributed by atoms with Gasteiger partial charge in [0, 0.05) is 13.1 Å². The number of hydrogen-bond donors (Lipinski definition) is 1. The molecule has 1 aromatic rings. The van der Waals surface area contributed by atoms with Gasteiger partial charge in [0.2, 0.25) is 0 Å². The van der Waals surface area contributed by atoms with Crippen LogP contribution in [-0.2, 0) is 6.54 Å². The van der Waals surface area contributed by atoms with Crippen LogP contribution in [0.4, 0.5) is 8.78 Å². The van der Waals surface area contributed by atoms with Crippen molar-refractivity contribution in [3.8, 4) is 11.5 Å². The molecule has 1 aliphatic rings. The SMILES string of the molecule is COc1ccc(CN=C(N)N2CCCCC2)cc1OC(F)F.I. The van der Waals surface area contributed by atoms with Crippen molar-refractivity contribution in [3.05, 3.63) is 23.8 Å². The third-order valence-corrected chi connectivity index (χ3v) is 3.55. The molecule has 2 rings (SSSR count). The van der Waals surface area contributed by atoms with E-state index in [-0.39, 0.29) is 35.5 Å². The zero-order valence-corrected chi connectivity index (χ0v) is 15.3. The summed E-state index contributed by atoms with van der Waals surface area (Å²) in [6, 6.07) is 4.84. The number of guanidine groups is 1. The zero-order chi connectivity index (χ0) is 15.9. The number of alkyl halides is 2. The number of ether oxygens (including phenoxy) is 2. The Kier molecular flexibility index (Phi) is 8.35. The molecule has 1 heterocycles. The van der Waals surface area contributed by atoms with Gasteiger partial charge in [0.25, 0.3) is 0 Å². The Labute approximate surface area is 151 Å². The van der Waals surface area contributed by atoms with E-state index >= 15 is 0 Å². The summed E-state index contributed by atoms with van der Waals surface area (Å²) in [5.74, 6) is 0.755. The van der Waals surface area contributed by atoms with Gasteiger partial charge in [-0.05, 0) is 37.0 Å². The number of nitrogens with zero attached hydrogens (tertiary/aromatic N) is 2. The van der Waals surface area contributed by atoms with Crippen LogP contribution in [-0.4, -0.2) is 37.7 Å². The monoisotopic (exact) mass is 441 g/mol. The lowest BCUT2D eigenvalue weighted by Gasteiger charge is -2.27. The third kappa shape index (κ3) is 6.00. The standard InChI is InChI=1S/C15H21F2N3O2.HI/c1-21-12-6-5-11(9-13(12)22-14(16)17)10-19-15(18)20-7-3-2-4-8-20;/h5-6,9,14H,2-4,7-8,10H2,1H3,(H2,18,19);1H. The van der Waals surface area contributed by atoms with E-state index in [1.165, 1.54) is 19.6 Å². The Bertz CT molecular complexity index is 523. The second-order valence-electron chi connectivity index (χ2n) is 5.09. The third-order valence-electron chi connectivity index (χ3n) is 3.55. The summed E-state index contributed by atoms with van der Waals surface area (Å²) in [5, 5.41) is 0. The molecule has 0 aliphatic carbocycles. The van der Waals surface area contributed by atoms with Crippen LogP contribution in [0.1, 0.15) is 24.8 Å². The van der Waals surface area contributed by atoms with Gasteiger partial charge in [0.1, 0.15) is 0 Å². The highest BCUT2D eigenvalue weighted by atomic mass is 127. The molecular formula is C15H22F2IN3O2. The Hall–Kier alpha value is -1.32. The fourth-order valence-electron chi connectivity index (χ4n) is 2.40. The van der Waals surface area contributed by atoms with Gasteiger partial charge in [-0.15, -0.1) is 24.0 Å². The van der Waals surface area contributed by atoms with Crippen LogP contribution in [0.3, 0.4) is 0 Å². The highest BCUT2D eigenvalue weighted by Gasteiger charge is 2.13. The van der Waals surface area contributed by atoms with Crippen LogP contribution in [0.2, 0.25) is 0 Å². The molecule has 1 aromatic carbocycles. The minimum absolute atomic E-state index is 0. The molecule has 0 bridgehead atoms. The fraction of sp³-hybridized carbons (Fsp3) is 0.533. The number of hydrogen-bond acceptors (Lipinski definition) is 3. The summed E-state index contributed by atoms with van der Waals surface area (Å²) in [5.41, 5.74) is 6.70. The first-order valence-electron chi connectivity index (χ1n) is 7.26. The lowest BCUT2D eigenvalue weighted by atomic mass is 10.1. The zero-order valence-electron chi connectivity index (χ0n) is 13.0. The Morgan fingerprint density at radius 3 is 2.57 bits per heavy atom. The normalized spacial score (nSPS) is 15.3. The van der Waals surface area contributed by atoms with Gasteiger partial charge in [-0.3, -0.25) is 0 Å². The van der Waals surface area contributed by atoms with Crippen molar-refractivity contribution >= 4 is 29.9 Å². The number of benzene rings is 1. The Morgan fingerprint density at radius 1 is 1.26 bits per heavy atom. The van der Waals surface area contributed by atoms with Crippen LogP contribution in [0.5, 0.6) is 11.5 Å². The van der Waals surface area contributed by atoms with Gasteiger partial charge in [-0.25, -0.2) is 4.99 Å². The first-order valence-corrected chi connectivity index (χ1v) is 7.26. The maximum Gasteiger partial charge on any atom is 0.387 e. The van der Waals surface area contributed by atoms with Crippen molar-refractivity contribution in [2.24, 2.45) is 10.7 Å². The van der Waals surface area contributed by atoms with E-state index in [2.05, 4.69) is 9.73 Å². The summed E-state index contributed by atoms with van der Waals surface area (Å²) in [7, 11) is 1.40. The van der Waals surface area contributed by atoms with Crippen molar-refractivity contribution in [2.75, 3.05) is 20.2 Å². The van der Waals surface area contributed by atoms with E-state index in [4.69, 9.17) is 10.5 Å². The van der Waals surface area contributed by atoms with Crippen molar-refractivity contribution in [1.82, 2.24) is 4.90 Å². The summed E-state index contributed by atoms with van der Waals surface area (Å²) < 4.78 is 34.2. The van der Waals surface area contributed by atoms with Gasteiger partial charge in [0.15, 0.2) is 17.5 Å². The van der Waals surface area contributed by atoms with Crippen LogP contribution in [0.25, 0.3) is 0 Å². The number of piperidine rings is 1. The number of nitrogens with two attached hydrogens (primary N) is 1. The van der Waals surface area contributed by atoms with E-state index in [0.717, 1.165) is 31.5 Å². The molecule has 130 valence electrons. The van der Waals surface area contributed by atoms with Gasteiger partial charge in [-0.1, -0.05) is 6.07 Å². The molecule has 1 fully saturated rings. The van der Waals surface area contributed by atoms with E-state index in [0.29, 0.717) is 12.5 Å². The molecule has 2 N–H and O–H groups in total. The van der Waals surface area contributed by atoms with Crippen molar-refractivity contribution < 1.29 is 18.3 Å². The quantitative estimate of drug-likeness (QED) is 0.433. The van der Waals surface area contributed by atoms with E-state index < -0.39 is 6.61 Å². The summed E-state index contributed by atoms with van der Waals surface area (Å²) in [4.78, 5) is 6.38. The smallest absolute Gasteiger partial charge is 0.387 e. The van der Waals surface area contributed by atoms with Crippen LogP contribution < -0.4 is 15.2 Å². The van der Waals surface area contributed by atoms with Crippen LogP contribution in [0.15, 0.2) is 23.2 Å². The van der Waals surface area contributed by atoms with Gasteiger partial charge >= 0.3 is 6.61 Å². The molecule has 0 atom stereocenters. The molecule has 0 saturated carbocycles. The van der Waals surface area contributed by atoms with Gasteiger partial charge < -0.3 is 20.1 Å². The highest BCUT2D eigenvalue weighted by Crippen LogP contribution is 2.29. The van der Waals surface area contributed by atoms with Gasteiger partial charge in [-0.2, -0.15) is 8.78 Å². The molecule has 5 nitrogen and oxygen atoms in total. The minimum Gasteiger partial charge on any atom is -0.493 e. The molecule has 8 heteroatoms. The minimum atomic E-state index is -2.90. The maximum atomic E-state index is 12.4. The van der Waals surface area contributed by atoms with E-state index in [1.54, 1.807) is 12.1 Å². The second kappa shape index (κ2) is 9.74. The molecule has 0 amide bonds. The van der Waals surface area contributed by atoms with Crippen molar-refractivity contribution in [3.63, 3.8) is 0 Å². The van der Waals surface area contributed by atoms with Gasteiger partial charge in [0.05, 0.1) is 13.7 Å². The maximum absolute atomic E-state index is 12.4. The largest absolute Gasteiger partial charge is 0.493 e. The molecule has 0 spiro atoms. The average molecular weight is 441 g/mol. The predicted molar refractivity (Wildman–Crippen MR) is 95.8 cm³/mol. The van der Waals surface area contributed by atoms with E-state index in [1.807, 2.05) is 4.90 Å². The number of halogens is 3. The van der Waals surface area contributed by atoms with Crippen LogP contribution in [0, 0.1) is 0 Å². The summed E-state index contributed by atoms with van der Waals surface area (Å²) >= 11 is 0. The first-order chi connectivity index (χ1) is 10.6. The van der Waals surface area contributed by atoms with E-state index in [9.17, 15) is 8.78 Å². The molecule has 1 saturated heterocycles.